The molecule has 4 heteroatoms. The van der Waals surface area contributed by atoms with Crippen LogP contribution in [0.1, 0.15) is 0 Å². The van der Waals surface area contributed by atoms with Gasteiger partial charge in [-0.05, 0) is 46.5 Å². The normalized spacial score (nSPS) is 12.1. The lowest BCUT2D eigenvalue weighted by atomic mass is 9.99. The van der Waals surface area contributed by atoms with E-state index < -0.39 is 0 Å². The van der Waals surface area contributed by atoms with E-state index in [1.807, 2.05) is 52.3 Å². The van der Waals surface area contributed by atoms with E-state index in [9.17, 15) is 4.79 Å². The van der Waals surface area contributed by atoms with Gasteiger partial charge >= 0.3 is 0 Å². The number of fused-ring (bicyclic) bond motifs is 8. The Hall–Kier alpha value is -5.06. The van der Waals surface area contributed by atoms with Crippen LogP contribution in [0.5, 0.6) is 0 Å². The molecule has 0 N–H and O–H groups in total. The molecule has 9 rings (SSSR count). The van der Waals surface area contributed by atoms with E-state index in [1.54, 1.807) is 0 Å². The summed E-state index contributed by atoms with van der Waals surface area (Å²) in [5.41, 5.74) is 7.53. The maximum atomic E-state index is 13.7. The van der Waals surface area contributed by atoms with E-state index in [1.165, 1.54) is 36.9 Å². The molecule has 4 aromatic heterocycles. The fourth-order valence-electron chi connectivity index (χ4n) is 6.43. The number of nitrogens with zero attached hydrogens (tertiary/aromatic N) is 2. The average Bonchev–Trinajstić information content (AvgIpc) is 3.57. The average molecular weight is 529 g/mol. The molecule has 0 bridgehead atoms. The standard InChI is InChI=1S/C36H20N2OS/c39-36-29-11-5-4-10-25(29)32-33-26(18-19-37-32)30-20-22(16-17-31(30)38(33)36)24-13-7-15-28-27-14-6-12-23(34(27)40-35(24)28)21-8-2-1-3-9-21/h1-20H. The van der Waals surface area contributed by atoms with Gasteiger partial charge in [-0.25, -0.2) is 0 Å². The molecular formula is C36H20N2OS. The Morgan fingerprint density at radius 2 is 1.23 bits per heavy atom. The van der Waals surface area contributed by atoms with Crippen molar-refractivity contribution in [2.24, 2.45) is 0 Å². The number of benzene rings is 5. The van der Waals surface area contributed by atoms with Crippen LogP contribution < -0.4 is 5.56 Å². The van der Waals surface area contributed by atoms with Crippen LogP contribution in [0.15, 0.2) is 126 Å². The second-order valence-corrected chi connectivity index (χ2v) is 11.3. The van der Waals surface area contributed by atoms with Crippen LogP contribution in [-0.2, 0) is 0 Å². The quantitative estimate of drug-likeness (QED) is 0.210. The summed E-state index contributed by atoms with van der Waals surface area (Å²) in [4.78, 5) is 18.4. The lowest BCUT2D eigenvalue weighted by Crippen LogP contribution is -2.13. The Morgan fingerprint density at radius 1 is 0.550 bits per heavy atom. The van der Waals surface area contributed by atoms with Crippen molar-refractivity contribution < 1.29 is 0 Å². The van der Waals surface area contributed by atoms with Crippen molar-refractivity contribution in [3.8, 4) is 22.3 Å². The fraction of sp³-hybridized carbons (Fsp3) is 0. The summed E-state index contributed by atoms with van der Waals surface area (Å²) < 4.78 is 4.43. The van der Waals surface area contributed by atoms with Crippen molar-refractivity contribution in [2.45, 2.75) is 0 Å². The predicted molar refractivity (Wildman–Crippen MR) is 169 cm³/mol. The number of rotatable bonds is 2. The molecule has 0 saturated carbocycles. The van der Waals surface area contributed by atoms with Crippen molar-refractivity contribution in [1.82, 2.24) is 9.38 Å². The van der Waals surface area contributed by atoms with E-state index in [0.717, 1.165) is 38.3 Å². The van der Waals surface area contributed by atoms with Gasteiger partial charge in [0.15, 0.2) is 0 Å². The van der Waals surface area contributed by atoms with Gasteiger partial charge in [0.1, 0.15) is 0 Å². The molecule has 4 heterocycles. The maximum absolute atomic E-state index is 13.7. The van der Waals surface area contributed by atoms with Crippen molar-refractivity contribution >= 4 is 69.6 Å². The summed E-state index contributed by atoms with van der Waals surface area (Å²) in [5, 5.41) is 6.28. The molecule has 0 unspecified atom stereocenters. The molecule has 186 valence electrons. The second-order valence-electron chi connectivity index (χ2n) is 10.3. The van der Waals surface area contributed by atoms with Crippen LogP contribution in [0.25, 0.3) is 80.5 Å². The summed E-state index contributed by atoms with van der Waals surface area (Å²) in [6.45, 7) is 0. The van der Waals surface area contributed by atoms with E-state index in [4.69, 9.17) is 4.98 Å². The minimum Gasteiger partial charge on any atom is -0.273 e. The molecule has 0 saturated heterocycles. The molecule has 0 fully saturated rings. The molecule has 0 radical (unpaired) electrons. The van der Waals surface area contributed by atoms with Crippen LogP contribution in [-0.4, -0.2) is 9.38 Å². The molecule has 0 aliphatic carbocycles. The van der Waals surface area contributed by atoms with Gasteiger partial charge in [0.2, 0.25) is 0 Å². The van der Waals surface area contributed by atoms with Gasteiger partial charge < -0.3 is 0 Å². The lowest BCUT2D eigenvalue weighted by molar-refractivity contribution is 1.20. The highest BCUT2D eigenvalue weighted by Gasteiger charge is 2.19. The monoisotopic (exact) mass is 528 g/mol. The van der Waals surface area contributed by atoms with Gasteiger partial charge in [0, 0.05) is 47.9 Å². The van der Waals surface area contributed by atoms with Gasteiger partial charge in [-0.2, -0.15) is 0 Å². The predicted octanol–water partition coefficient (Wildman–Crippen LogP) is 9.29. The van der Waals surface area contributed by atoms with E-state index in [2.05, 4.69) is 84.9 Å². The highest BCUT2D eigenvalue weighted by molar-refractivity contribution is 7.26. The van der Waals surface area contributed by atoms with Crippen molar-refractivity contribution in [3.05, 3.63) is 132 Å². The fourth-order valence-corrected chi connectivity index (χ4v) is 7.80. The first-order valence-electron chi connectivity index (χ1n) is 13.4. The minimum atomic E-state index is 0.00361. The van der Waals surface area contributed by atoms with Crippen molar-refractivity contribution in [3.63, 3.8) is 0 Å². The van der Waals surface area contributed by atoms with Gasteiger partial charge in [-0.3, -0.25) is 14.2 Å². The molecule has 5 aromatic carbocycles. The van der Waals surface area contributed by atoms with E-state index >= 15 is 0 Å². The van der Waals surface area contributed by atoms with Crippen LogP contribution >= 0.6 is 11.3 Å². The zero-order valence-electron chi connectivity index (χ0n) is 21.3. The highest BCUT2D eigenvalue weighted by atomic mass is 32.1. The largest absolute Gasteiger partial charge is 0.273 e. The van der Waals surface area contributed by atoms with Crippen LogP contribution in [0.2, 0.25) is 0 Å². The Balaban J connectivity index is 1.35. The Kier molecular flexibility index (Phi) is 4.35. The molecule has 0 spiro atoms. The summed E-state index contributed by atoms with van der Waals surface area (Å²) >= 11 is 1.86. The van der Waals surface area contributed by atoms with E-state index in [-0.39, 0.29) is 5.56 Å². The SMILES string of the molecule is O=c1c2ccccc2c2nccc3c4cc(-c5cccc6c5sc5c(-c7ccccc7)cccc56)ccc4n1c32. The minimum absolute atomic E-state index is 0.00361. The Morgan fingerprint density at radius 3 is 2.00 bits per heavy atom. The van der Waals surface area contributed by atoms with Gasteiger partial charge in [0.25, 0.3) is 5.56 Å². The molecule has 0 atom stereocenters. The highest BCUT2D eigenvalue weighted by Crippen LogP contribution is 2.44. The van der Waals surface area contributed by atoms with Crippen LogP contribution in [0, 0.1) is 0 Å². The summed E-state index contributed by atoms with van der Waals surface area (Å²) in [6.07, 6.45) is 1.86. The molecule has 0 aliphatic heterocycles. The third-order valence-corrected chi connectivity index (χ3v) is 9.50. The Labute approximate surface area is 232 Å². The second kappa shape index (κ2) is 7.98. The lowest BCUT2D eigenvalue weighted by Gasteiger charge is -2.05. The first kappa shape index (κ1) is 21.8. The summed E-state index contributed by atoms with van der Waals surface area (Å²) in [7, 11) is 0. The number of hydrogen-bond donors (Lipinski definition) is 0. The number of hydrogen-bond acceptors (Lipinski definition) is 3. The number of aromatic nitrogens is 2. The topological polar surface area (TPSA) is 34.4 Å². The van der Waals surface area contributed by atoms with Gasteiger partial charge in [-0.15, -0.1) is 11.3 Å². The first-order chi connectivity index (χ1) is 19.8. The Bertz CT molecular complexity index is 2510. The smallest absolute Gasteiger partial charge is 0.263 e. The van der Waals surface area contributed by atoms with Crippen molar-refractivity contribution in [2.75, 3.05) is 0 Å². The maximum Gasteiger partial charge on any atom is 0.263 e. The molecule has 9 aromatic rings. The van der Waals surface area contributed by atoms with Crippen LogP contribution in [0.4, 0.5) is 0 Å². The summed E-state index contributed by atoms with van der Waals surface area (Å²) in [5.74, 6) is 0. The third kappa shape index (κ3) is 2.83. The number of thiophene rings is 1. The van der Waals surface area contributed by atoms with Gasteiger partial charge in [0.05, 0.1) is 16.6 Å². The molecular weight excluding hydrogens is 508 g/mol. The molecule has 0 amide bonds. The summed E-state index contributed by atoms with van der Waals surface area (Å²) in [6, 6.07) is 40.1. The van der Waals surface area contributed by atoms with Crippen molar-refractivity contribution in [1.29, 1.82) is 0 Å². The first-order valence-corrected chi connectivity index (χ1v) is 14.2. The zero-order valence-corrected chi connectivity index (χ0v) is 22.1. The zero-order chi connectivity index (χ0) is 26.4. The van der Waals surface area contributed by atoms with Gasteiger partial charge in [-0.1, -0.05) is 91.0 Å². The van der Waals surface area contributed by atoms with Crippen LogP contribution in [0.3, 0.4) is 0 Å². The number of pyridine rings is 2. The third-order valence-electron chi connectivity index (χ3n) is 8.21. The molecule has 40 heavy (non-hydrogen) atoms. The molecule has 0 aliphatic rings. The van der Waals surface area contributed by atoms with E-state index in [0.29, 0.717) is 5.39 Å². The molecule has 3 nitrogen and oxygen atoms in total.